The van der Waals surface area contributed by atoms with Crippen molar-refractivity contribution in [3.63, 3.8) is 0 Å². The fourth-order valence-corrected chi connectivity index (χ4v) is 2.69. The maximum absolute atomic E-state index is 13.2. The zero-order chi connectivity index (χ0) is 21.9. The number of hydrogen-bond donors (Lipinski definition) is 2. The molecule has 8 nitrogen and oxygen atoms in total. The molecule has 0 saturated heterocycles. The number of rotatable bonds is 6. The molecule has 11 heteroatoms. The molecule has 0 aliphatic heterocycles. The van der Waals surface area contributed by atoms with Crippen LogP contribution >= 0.6 is 0 Å². The molecular formula is C19H15F3N4O4. The second-order valence-corrected chi connectivity index (χ2v) is 6.16. The lowest BCUT2D eigenvalue weighted by atomic mass is 10.2. The molecule has 1 aromatic heterocycles. The zero-order valence-corrected chi connectivity index (χ0v) is 15.3. The van der Waals surface area contributed by atoms with Gasteiger partial charge < -0.3 is 20.4 Å². The average Bonchev–Trinajstić information content (AvgIpc) is 3.06. The van der Waals surface area contributed by atoms with Gasteiger partial charge in [0.05, 0.1) is 11.0 Å². The number of para-hydroxylation sites is 2. The zero-order valence-electron chi connectivity index (χ0n) is 15.3. The van der Waals surface area contributed by atoms with E-state index in [0.29, 0.717) is 10.3 Å². The Labute approximate surface area is 167 Å². The molecule has 156 valence electrons. The largest absolute Gasteiger partial charge is 0.454 e. The summed E-state index contributed by atoms with van der Waals surface area (Å²) in [6, 6.07) is 11.5. The van der Waals surface area contributed by atoms with Crippen molar-refractivity contribution in [2.45, 2.75) is 12.7 Å². The number of ether oxygens (including phenoxy) is 1. The van der Waals surface area contributed by atoms with Gasteiger partial charge >= 0.3 is 12.1 Å². The third-order valence-corrected chi connectivity index (χ3v) is 4.01. The highest BCUT2D eigenvalue weighted by Crippen LogP contribution is 2.31. The van der Waals surface area contributed by atoms with Crippen LogP contribution in [0.15, 0.2) is 48.5 Å². The van der Waals surface area contributed by atoms with Crippen molar-refractivity contribution in [3.05, 3.63) is 59.9 Å². The van der Waals surface area contributed by atoms with Gasteiger partial charge in [-0.05, 0) is 36.4 Å². The van der Waals surface area contributed by atoms with E-state index in [0.717, 1.165) is 0 Å². The molecule has 2 amide bonds. The Balaban J connectivity index is 1.63. The fraction of sp³-hybridized carbons (Fsp3) is 0.158. The Morgan fingerprint density at radius 1 is 1.07 bits per heavy atom. The summed E-state index contributed by atoms with van der Waals surface area (Å²) < 4.78 is 45.2. The molecule has 0 spiro atoms. The lowest BCUT2D eigenvalue weighted by molar-refractivity contribution is -0.152. The van der Waals surface area contributed by atoms with Crippen molar-refractivity contribution in [2.24, 2.45) is 5.73 Å². The second-order valence-electron chi connectivity index (χ2n) is 6.16. The van der Waals surface area contributed by atoms with Gasteiger partial charge in [-0.3, -0.25) is 14.4 Å². The molecule has 30 heavy (non-hydrogen) atoms. The normalized spacial score (nSPS) is 11.3. The van der Waals surface area contributed by atoms with Crippen LogP contribution in [-0.4, -0.2) is 33.9 Å². The van der Waals surface area contributed by atoms with Crippen molar-refractivity contribution in [1.29, 1.82) is 0 Å². The number of nitrogens with zero attached hydrogens (tertiary/aromatic N) is 2. The summed E-state index contributed by atoms with van der Waals surface area (Å²) in [6.07, 6.45) is -4.77. The number of amides is 2. The van der Waals surface area contributed by atoms with E-state index in [1.165, 1.54) is 48.5 Å². The van der Waals surface area contributed by atoms with Crippen LogP contribution in [0.3, 0.4) is 0 Å². The number of halogens is 3. The molecule has 0 aliphatic carbocycles. The summed E-state index contributed by atoms with van der Waals surface area (Å²) in [5.74, 6) is -3.61. The summed E-state index contributed by atoms with van der Waals surface area (Å²) in [4.78, 5) is 38.5. The van der Waals surface area contributed by atoms with E-state index in [1.807, 2.05) is 0 Å². The second kappa shape index (κ2) is 8.23. The standard InChI is InChI=1S/C19H15F3N4O4/c20-19(21,22)18-25-13-3-1-2-4-14(13)26(18)9-16(28)30-10-15(27)24-12-7-5-11(6-8-12)17(23)29/h1-8H,9-10H2,(H2,23,29)(H,24,27). The van der Waals surface area contributed by atoms with E-state index in [9.17, 15) is 27.6 Å². The smallest absolute Gasteiger partial charge is 0.449 e. The molecule has 0 aliphatic rings. The summed E-state index contributed by atoms with van der Waals surface area (Å²) in [5.41, 5.74) is 5.87. The lowest BCUT2D eigenvalue weighted by Crippen LogP contribution is -2.25. The number of primary amides is 1. The van der Waals surface area contributed by atoms with Crippen LogP contribution < -0.4 is 11.1 Å². The van der Waals surface area contributed by atoms with Gasteiger partial charge in [-0.2, -0.15) is 13.2 Å². The summed E-state index contributed by atoms with van der Waals surface area (Å²) >= 11 is 0. The van der Waals surface area contributed by atoms with E-state index in [2.05, 4.69) is 10.3 Å². The highest BCUT2D eigenvalue weighted by Gasteiger charge is 2.38. The van der Waals surface area contributed by atoms with Crippen molar-refractivity contribution >= 4 is 34.5 Å². The topological polar surface area (TPSA) is 116 Å². The molecular weight excluding hydrogens is 405 g/mol. The predicted molar refractivity (Wildman–Crippen MR) is 99.3 cm³/mol. The first kappa shape index (κ1) is 20.8. The van der Waals surface area contributed by atoms with Crippen LogP contribution in [0.2, 0.25) is 0 Å². The van der Waals surface area contributed by atoms with E-state index < -0.39 is 42.9 Å². The van der Waals surface area contributed by atoms with Crippen LogP contribution in [0.4, 0.5) is 18.9 Å². The number of carbonyl (C=O) groups is 3. The Morgan fingerprint density at radius 3 is 2.37 bits per heavy atom. The van der Waals surface area contributed by atoms with Crippen LogP contribution in [0, 0.1) is 0 Å². The molecule has 3 rings (SSSR count). The van der Waals surface area contributed by atoms with Gasteiger partial charge in [0.1, 0.15) is 6.54 Å². The molecule has 0 fully saturated rings. The van der Waals surface area contributed by atoms with Gasteiger partial charge in [-0.15, -0.1) is 0 Å². The number of esters is 1. The van der Waals surface area contributed by atoms with Gasteiger partial charge in [-0.25, -0.2) is 4.98 Å². The number of carbonyl (C=O) groups excluding carboxylic acids is 3. The molecule has 1 heterocycles. The number of nitrogens with one attached hydrogen (secondary N) is 1. The van der Waals surface area contributed by atoms with Crippen molar-refractivity contribution in [2.75, 3.05) is 11.9 Å². The Hall–Kier alpha value is -3.89. The molecule has 2 aromatic carbocycles. The first-order valence-corrected chi connectivity index (χ1v) is 8.53. The van der Waals surface area contributed by atoms with Crippen molar-refractivity contribution < 1.29 is 32.3 Å². The van der Waals surface area contributed by atoms with Crippen LogP contribution in [0.1, 0.15) is 16.2 Å². The highest BCUT2D eigenvalue weighted by molar-refractivity contribution is 5.95. The van der Waals surface area contributed by atoms with E-state index >= 15 is 0 Å². The number of alkyl halides is 3. The van der Waals surface area contributed by atoms with Gasteiger partial charge in [0.15, 0.2) is 6.61 Å². The van der Waals surface area contributed by atoms with E-state index in [4.69, 9.17) is 10.5 Å². The predicted octanol–water partition coefficient (Wildman–Crippen LogP) is 2.34. The third kappa shape index (κ3) is 4.74. The molecule has 0 saturated carbocycles. The summed E-state index contributed by atoms with van der Waals surface area (Å²) in [6.45, 7) is -1.47. The molecule has 0 bridgehead atoms. The molecule has 3 N–H and O–H groups in total. The number of hydrogen-bond acceptors (Lipinski definition) is 5. The third-order valence-electron chi connectivity index (χ3n) is 4.01. The monoisotopic (exact) mass is 420 g/mol. The minimum absolute atomic E-state index is 0.0785. The quantitative estimate of drug-likeness (QED) is 0.594. The number of nitrogens with two attached hydrogens (primary N) is 1. The van der Waals surface area contributed by atoms with Gasteiger partial charge in [0.25, 0.3) is 5.91 Å². The maximum Gasteiger partial charge on any atom is 0.449 e. The Bertz CT molecular complexity index is 1110. The van der Waals surface area contributed by atoms with Gasteiger partial charge in [0.2, 0.25) is 11.7 Å². The average molecular weight is 420 g/mol. The Morgan fingerprint density at radius 2 is 1.73 bits per heavy atom. The first-order chi connectivity index (χ1) is 14.1. The van der Waals surface area contributed by atoms with Gasteiger partial charge in [0, 0.05) is 11.3 Å². The minimum atomic E-state index is -4.77. The van der Waals surface area contributed by atoms with Crippen LogP contribution in [-0.2, 0) is 27.0 Å². The lowest BCUT2D eigenvalue weighted by Gasteiger charge is -2.11. The maximum atomic E-state index is 13.2. The molecule has 0 atom stereocenters. The highest BCUT2D eigenvalue weighted by atomic mass is 19.4. The van der Waals surface area contributed by atoms with E-state index in [-0.39, 0.29) is 16.6 Å². The van der Waals surface area contributed by atoms with E-state index in [1.54, 1.807) is 0 Å². The van der Waals surface area contributed by atoms with Crippen LogP contribution in [0.25, 0.3) is 11.0 Å². The minimum Gasteiger partial charge on any atom is -0.454 e. The van der Waals surface area contributed by atoms with Crippen LogP contribution in [0.5, 0.6) is 0 Å². The number of imidazole rings is 1. The van der Waals surface area contributed by atoms with Crippen molar-refractivity contribution in [1.82, 2.24) is 9.55 Å². The van der Waals surface area contributed by atoms with Crippen molar-refractivity contribution in [3.8, 4) is 0 Å². The number of aromatic nitrogens is 2. The number of benzene rings is 2. The molecule has 3 aromatic rings. The Kier molecular flexibility index (Phi) is 5.72. The number of anilines is 1. The first-order valence-electron chi connectivity index (χ1n) is 8.53. The SMILES string of the molecule is NC(=O)c1ccc(NC(=O)COC(=O)Cn2c(C(F)(F)F)nc3ccccc32)cc1. The summed E-state index contributed by atoms with van der Waals surface area (Å²) in [5, 5.41) is 2.42. The summed E-state index contributed by atoms with van der Waals surface area (Å²) in [7, 11) is 0. The molecule has 0 radical (unpaired) electrons. The number of fused-ring (bicyclic) bond motifs is 1. The fourth-order valence-electron chi connectivity index (χ4n) is 2.69. The van der Waals surface area contributed by atoms with Gasteiger partial charge in [-0.1, -0.05) is 12.1 Å². The molecule has 0 unspecified atom stereocenters.